The predicted molar refractivity (Wildman–Crippen MR) is 131 cm³/mol. The number of aromatic amines is 1. The van der Waals surface area contributed by atoms with E-state index in [-0.39, 0.29) is 5.91 Å². The zero-order chi connectivity index (χ0) is 22.8. The van der Waals surface area contributed by atoms with E-state index in [2.05, 4.69) is 28.3 Å². The standard InChI is InChI=1S/C26H27N3O3S/c1-3-32-19-6-4-18(5-7-19)25-28-24(16-33-25)26(30)29-12-10-17(11-13-29)22-15-27-23-9-8-20(31-2)14-21(22)23/h4-9,14-17,27H,3,10-13H2,1-2H3. The minimum Gasteiger partial charge on any atom is -0.497 e. The predicted octanol–water partition coefficient (Wildman–Crippen LogP) is 5.72. The fraction of sp³-hybridized carbons (Fsp3) is 0.308. The van der Waals surface area contributed by atoms with E-state index in [9.17, 15) is 4.79 Å². The zero-order valence-electron chi connectivity index (χ0n) is 18.8. The number of fused-ring (bicyclic) bond motifs is 1. The molecule has 1 amide bonds. The van der Waals surface area contributed by atoms with Gasteiger partial charge in [0.05, 0.1) is 13.7 Å². The Kier molecular flexibility index (Phi) is 6.05. The summed E-state index contributed by atoms with van der Waals surface area (Å²) in [7, 11) is 1.69. The van der Waals surface area contributed by atoms with Crippen LogP contribution in [0.1, 0.15) is 41.7 Å². The first-order valence-electron chi connectivity index (χ1n) is 11.3. The second-order valence-corrected chi connectivity index (χ2v) is 9.08. The lowest BCUT2D eigenvalue weighted by atomic mass is 9.89. The number of aromatic nitrogens is 2. The van der Waals surface area contributed by atoms with E-state index in [0.717, 1.165) is 53.5 Å². The monoisotopic (exact) mass is 461 g/mol. The summed E-state index contributed by atoms with van der Waals surface area (Å²) >= 11 is 1.50. The molecule has 0 spiro atoms. The number of rotatable bonds is 6. The Balaban J connectivity index is 1.25. The van der Waals surface area contributed by atoms with Crippen molar-refractivity contribution in [1.82, 2.24) is 14.9 Å². The van der Waals surface area contributed by atoms with Crippen molar-refractivity contribution in [2.24, 2.45) is 0 Å². The van der Waals surface area contributed by atoms with Gasteiger partial charge in [-0.3, -0.25) is 4.79 Å². The molecule has 33 heavy (non-hydrogen) atoms. The van der Waals surface area contributed by atoms with Gasteiger partial charge in [0.15, 0.2) is 0 Å². The molecule has 0 saturated carbocycles. The minimum atomic E-state index is 0.0162. The molecule has 5 rings (SSSR count). The quantitative estimate of drug-likeness (QED) is 0.399. The summed E-state index contributed by atoms with van der Waals surface area (Å²) in [5.74, 6) is 2.14. The maximum atomic E-state index is 13.1. The van der Waals surface area contributed by atoms with Gasteiger partial charge in [-0.1, -0.05) is 0 Å². The lowest BCUT2D eigenvalue weighted by Crippen LogP contribution is -2.38. The number of hydrogen-bond acceptors (Lipinski definition) is 5. The average Bonchev–Trinajstić information content (AvgIpc) is 3.52. The molecule has 0 radical (unpaired) electrons. The smallest absolute Gasteiger partial charge is 0.273 e. The summed E-state index contributed by atoms with van der Waals surface area (Å²) in [6.07, 6.45) is 3.98. The van der Waals surface area contributed by atoms with E-state index in [1.807, 2.05) is 47.5 Å². The second-order valence-electron chi connectivity index (χ2n) is 8.22. The van der Waals surface area contributed by atoms with Crippen molar-refractivity contribution >= 4 is 28.1 Å². The number of piperidine rings is 1. The van der Waals surface area contributed by atoms with Crippen molar-refractivity contribution < 1.29 is 14.3 Å². The number of carbonyl (C=O) groups is 1. The normalized spacial score (nSPS) is 14.5. The van der Waals surface area contributed by atoms with Crippen molar-refractivity contribution in [3.63, 3.8) is 0 Å². The van der Waals surface area contributed by atoms with Crippen LogP contribution in [-0.2, 0) is 0 Å². The van der Waals surface area contributed by atoms with E-state index in [1.54, 1.807) is 7.11 Å². The molecule has 0 aliphatic carbocycles. The van der Waals surface area contributed by atoms with Crippen LogP contribution in [0.15, 0.2) is 54.0 Å². The highest BCUT2D eigenvalue weighted by molar-refractivity contribution is 7.13. The van der Waals surface area contributed by atoms with Crippen LogP contribution in [0.4, 0.5) is 0 Å². The Labute approximate surface area is 197 Å². The van der Waals surface area contributed by atoms with Crippen LogP contribution in [0.2, 0.25) is 0 Å². The summed E-state index contributed by atoms with van der Waals surface area (Å²) in [6.45, 7) is 4.07. The Morgan fingerprint density at radius 3 is 2.64 bits per heavy atom. The molecule has 4 aromatic rings. The number of amides is 1. The van der Waals surface area contributed by atoms with Crippen LogP contribution < -0.4 is 9.47 Å². The molecule has 1 aliphatic rings. The minimum absolute atomic E-state index is 0.0162. The number of likely N-dealkylation sites (tertiary alicyclic amines) is 1. The maximum absolute atomic E-state index is 13.1. The molecule has 0 atom stereocenters. The number of ether oxygens (including phenoxy) is 2. The molecule has 1 aliphatic heterocycles. The van der Waals surface area contributed by atoms with Crippen molar-refractivity contribution in [3.05, 3.63) is 65.3 Å². The molecule has 170 valence electrons. The molecular formula is C26H27N3O3S. The molecule has 6 nitrogen and oxygen atoms in total. The number of benzene rings is 2. The lowest BCUT2D eigenvalue weighted by molar-refractivity contribution is 0.0708. The van der Waals surface area contributed by atoms with Gasteiger partial charge >= 0.3 is 0 Å². The van der Waals surface area contributed by atoms with E-state index in [0.29, 0.717) is 18.2 Å². The molecule has 0 bridgehead atoms. The Hall–Kier alpha value is -3.32. The molecule has 7 heteroatoms. The Morgan fingerprint density at radius 1 is 1.15 bits per heavy atom. The van der Waals surface area contributed by atoms with Crippen LogP contribution >= 0.6 is 11.3 Å². The summed E-state index contributed by atoms with van der Waals surface area (Å²) in [5.41, 5.74) is 3.95. The third-order valence-electron chi connectivity index (χ3n) is 6.28. The van der Waals surface area contributed by atoms with E-state index in [4.69, 9.17) is 9.47 Å². The molecule has 1 fully saturated rings. The lowest BCUT2D eigenvalue weighted by Gasteiger charge is -2.31. The van der Waals surface area contributed by atoms with Gasteiger partial charge in [0.2, 0.25) is 0 Å². The van der Waals surface area contributed by atoms with Gasteiger partial charge in [0.25, 0.3) is 5.91 Å². The summed E-state index contributed by atoms with van der Waals surface area (Å²) in [5, 5.41) is 3.93. The van der Waals surface area contributed by atoms with E-state index in [1.165, 1.54) is 22.3 Å². The molecule has 1 N–H and O–H groups in total. The first-order chi connectivity index (χ1) is 16.2. The number of nitrogens with zero attached hydrogens (tertiary/aromatic N) is 2. The van der Waals surface area contributed by atoms with Crippen molar-refractivity contribution in [3.8, 4) is 22.1 Å². The average molecular weight is 462 g/mol. The van der Waals surface area contributed by atoms with Gasteiger partial charge in [-0.25, -0.2) is 4.98 Å². The first kappa shape index (κ1) is 21.5. The zero-order valence-corrected chi connectivity index (χ0v) is 19.7. The number of hydrogen-bond donors (Lipinski definition) is 1. The third kappa shape index (κ3) is 4.33. The fourth-order valence-electron chi connectivity index (χ4n) is 4.51. The molecule has 0 unspecified atom stereocenters. The second kappa shape index (κ2) is 9.27. The molecule has 2 aromatic carbocycles. The van der Waals surface area contributed by atoms with E-state index < -0.39 is 0 Å². The molecule has 3 heterocycles. The maximum Gasteiger partial charge on any atom is 0.273 e. The summed E-state index contributed by atoms with van der Waals surface area (Å²) < 4.78 is 10.9. The topological polar surface area (TPSA) is 67.5 Å². The van der Waals surface area contributed by atoms with E-state index >= 15 is 0 Å². The van der Waals surface area contributed by atoms with Gasteiger partial charge in [0, 0.05) is 41.1 Å². The van der Waals surface area contributed by atoms with Gasteiger partial charge in [0.1, 0.15) is 22.2 Å². The number of carbonyl (C=O) groups excluding carboxylic acids is 1. The van der Waals surface area contributed by atoms with Crippen molar-refractivity contribution in [2.75, 3.05) is 26.8 Å². The highest BCUT2D eigenvalue weighted by Gasteiger charge is 2.27. The molecular weight excluding hydrogens is 434 g/mol. The van der Waals surface area contributed by atoms with Crippen LogP contribution in [0.3, 0.4) is 0 Å². The molecule has 2 aromatic heterocycles. The third-order valence-corrected chi connectivity index (χ3v) is 7.17. The number of thiazole rings is 1. The van der Waals surface area contributed by atoms with Crippen LogP contribution in [0, 0.1) is 0 Å². The largest absolute Gasteiger partial charge is 0.497 e. The van der Waals surface area contributed by atoms with Crippen LogP contribution in [-0.4, -0.2) is 47.6 Å². The van der Waals surface area contributed by atoms with Gasteiger partial charge < -0.3 is 19.4 Å². The number of methoxy groups -OCH3 is 1. The number of nitrogens with one attached hydrogen (secondary N) is 1. The van der Waals surface area contributed by atoms with Crippen LogP contribution in [0.5, 0.6) is 11.5 Å². The summed E-state index contributed by atoms with van der Waals surface area (Å²) in [4.78, 5) is 23.0. The summed E-state index contributed by atoms with van der Waals surface area (Å²) in [6, 6.07) is 14.0. The van der Waals surface area contributed by atoms with Crippen LogP contribution in [0.25, 0.3) is 21.5 Å². The van der Waals surface area contributed by atoms with Crippen molar-refractivity contribution in [1.29, 1.82) is 0 Å². The van der Waals surface area contributed by atoms with Gasteiger partial charge in [-0.15, -0.1) is 11.3 Å². The highest BCUT2D eigenvalue weighted by Crippen LogP contribution is 2.35. The van der Waals surface area contributed by atoms with Gasteiger partial charge in [-0.2, -0.15) is 0 Å². The van der Waals surface area contributed by atoms with Crippen molar-refractivity contribution in [2.45, 2.75) is 25.7 Å². The SMILES string of the molecule is CCOc1ccc(-c2nc(C(=O)N3CCC(c4c[nH]c5ccc(OC)cc45)CC3)cs2)cc1. The number of H-pyrrole nitrogens is 1. The van der Waals surface area contributed by atoms with Gasteiger partial charge in [-0.05, 0) is 73.7 Å². The highest BCUT2D eigenvalue weighted by atomic mass is 32.1. The first-order valence-corrected chi connectivity index (χ1v) is 12.2. The Morgan fingerprint density at radius 2 is 1.91 bits per heavy atom. The Bertz CT molecular complexity index is 1250. The fourth-order valence-corrected chi connectivity index (χ4v) is 5.31. The molecule has 1 saturated heterocycles.